The van der Waals surface area contributed by atoms with Crippen molar-refractivity contribution in [1.29, 1.82) is 0 Å². The van der Waals surface area contributed by atoms with Crippen LogP contribution in [0.15, 0.2) is 30.3 Å². The smallest absolute Gasteiger partial charge is 0.0205 e. The van der Waals surface area contributed by atoms with Gasteiger partial charge in [-0.1, -0.05) is 42.8 Å². The Morgan fingerprint density at radius 2 is 1.44 bits per heavy atom. The number of benzene rings is 1. The van der Waals surface area contributed by atoms with E-state index in [1.165, 1.54) is 60.6 Å². The zero-order valence-electron chi connectivity index (χ0n) is 11.8. The molecule has 0 aromatic heterocycles. The Hall–Kier alpha value is -0.643. The van der Waals surface area contributed by atoms with Gasteiger partial charge in [-0.15, -0.1) is 0 Å². The lowest BCUT2D eigenvalue weighted by Crippen LogP contribution is -2.18. The summed E-state index contributed by atoms with van der Waals surface area (Å²) in [6, 6.07) is 12.0. The molecule has 0 amide bonds. The summed E-state index contributed by atoms with van der Waals surface area (Å²) in [5.41, 5.74) is 1.38. The van der Waals surface area contributed by atoms with Gasteiger partial charge in [-0.05, 0) is 44.5 Å². The highest BCUT2D eigenvalue weighted by atomic mass is 28.1. The average Bonchev–Trinajstić information content (AvgIpc) is 2.42. The van der Waals surface area contributed by atoms with E-state index in [9.17, 15) is 0 Å². The van der Waals surface area contributed by atoms with Gasteiger partial charge in [0.05, 0.1) is 0 Å². The van der Waals surface area contributed by atoms with E-state index < -0.39 is 0 Å². The predicted molar refractivity (Wildman–Crippen MR) is 84.2 cm³/mol. The molecule has 0 heterocycles. The van der Waals surface area contributed by atoms with Crippen LogP contribution in [0, 0.1) is 0 Å². The lowest BCUT2D eigenvalue weighted by molar-refractivity contribution is 0.570. The van der Waals surface area contributed by atoms with Gasteiger partial charge in [-0.25, -0.2) is 0 Å². The van der Waals surface area contributed by atoms with Gasteiger partial charge in [0, 0.05) is 16.8 Å². The lowest BCUT2D eigenvalue weighted by Gasteiger charge is -2.06. The first-order valence-electron chi connectivity index (χ1n) is 7.39. The highest BCUT2D eigenvalue weighted by molar-refractivity contribution is 6.08. The molecule has 1 aromatic rings. The number of hydrogen-bond donors (Lipinski definition) is 2. The SMILES string of the molecule is [SiH3]CCCNCCCCCNCc1ccccc1. The van der Waals surface area contributed by atoms with Gasteiger partial charge in [0.2, 0.25) is 0 Å². The van der Waals surface area contributed by atoms with E-state index in [1.54, 1.807) is 0 Å². The van der Waals surface area contributed by atoms with Crippen LogP contribution in [0.2, 0.25) is 6.04 Å². The molecule has 2 nitrogen and oxygen atoms in total. The molecule has 0 aliphatic carbocycles. The number of nitrogens with one attached hydrogen (secondary N) is 2. The van der Waals surface area contributed by atoms with Gasteiger partial charge in [0.1, 0.15) is 0 Å². The Morgan fingerprint density at radius 3 is 2.17 bits per heavy atom. The summed E-state index contributed by atoms with van der Waals surface area (Å²) < 4.78 is 0. The fourth-order valence-corrected chi connectivity index (χ4v) is 2.29. The van der Waals surface area contributed by atoms with Crippen LogP contribution < -0.4 is 10.6 Å². The normalized spacial score (nSPS) is 10.9. The van der Waals surface area contributed by atoms with Crippen molar-refractivity contribution in [2.24, 2.45) is 0 Å². The minimum atomic E-state index is 0.999. The Balaban J connectivity index is 1.82. The molecule has 0 atom stereocenters. The molecule has 0 radical (unpaired) electrons. The fraction of sp³-hybridized carbons (Fsp3) is 0.600. The number of unbranched alkanes of at least 4 members (excludes halogenated alkanes) is 2. The lowest BCUT2D eigenvalue weighted by atomic mass is 10.2. The molecule has 102 valence electrons. The third kappa shape index (κ3) is 8.45. The van der Waals surface area contributed by atoms with Gasteiger partial charge in [-0.3, -0.25) is 0 Å². The summed E-state index contributed by atoms with van der Waals surface area (Å²) in [6.45, 7) is 4.55. The molecule has 3 heteroatoms. The van der Waals surface area contributed by atoms with E-state index in [2.05, 4.69) is 41.0 Å². The number of hydrogen-bond acceptors (Lipinski definition) is 2. The molecule has 1 aromatic carbocycles. The summed E-state index contributed by atoms with van der Waals surface area (Å²) in [4.78, 5) is 0. The molecule has 0 saturated carbocycles. The van der Waals surface area contributed by atoms with E-state index >= 15 is 0 Å². The highest BCUT2D eigenvalue weighted by Gasteiger charge is 1.92. The molecular formula is C15H28N2Si. The average molecular weight is 264 g/mol. The molecule has 0 aliphatic rings. The second kappa shape index (κ2) is 11.4. The van der Waals surface area contributed by atoms with Crippen LogP contribution in [-0.4, -0.2) is 29.9 Å². The zero-order valence-corrected chi connectivity index (χ0v) is 13.8. The molecule has 1 rings (SSSR count). The van der Waals surface area contributed by atoms with Crippen molar-refractivity contribution < 1.29 is 0 Å². The second-order valence-corrected chi connectivity index (χ2v) is 5.83. The van der Waals surface area contributed by atoms with Gasteiger partial charge >= 0.3 is 0 Å². The molecule has 0 unspecified atom stereocenters. The van der Waals surface area contributed by atoms with Crippen LogP contribution in [0.3, 0.4) is 0 Å². The van der Waals surface area contributed by atoms with Crippen LogP contribution in [0.25, 0.3) is 0 Å². The summed E-state index contributed by atoms with van der Waals surface area (Å²) in [7, 11) is 1.35. The van der Waals surface area contributed by atoms with Crippen molar-refractivity contribution >= 4 is 10.2 Å². The Kier molecular flexibility index (Phi) is 9.80. The van der Waals surface area contributed by atoms with Crippen LogP contribution in [0.4, 0.5) is 0 Å². The van der Waals surface area contributed by atoms with Crippen molar-refractivity contribution in [3.05, 3.63) is 35.9 Å². The maximum Gasteiger partial charge on any atom is 0.0205 e. The standard InChI is InChI=1S/C15H28N2Si/c18-13-7-12-16-10-5-2-6-11-17-14-15-8-3-1-4-9-15/h1,3-4,8-9,16-17H,2,5-7,10-14H2,18H3. The second-order valence-electron chi connectivity index (χ2n) is 4.83. The summed E-state index contributed by atoms with van der Waals surface area (Å²) in [6.07, 6.45) is 5.30. The molecular weight excluding hydrogens is 236 g/mol. The van der Waals surface area contributed by atoms with Crippen molar-refractivity contribution in [3.63, 3.8) is 0 Å². The van der Waals surface area contributed by atoms with Gasteiger partial charge in [0.25, 0.3) is 0 Å². The van der Waals surface area contributed by atoms with Crippen molar-refractivity contribution in [2.45, 2.75) is 38.3 Å². The molecule has 0 spiro atoms. The maximum absolute atomic E-state index is 3.50. The molecule has 0 bridgehead atoms. The largest absolute Gasteiger partial charge is 0.317 e. The number of rotatable bonds is 11. The molecule has 0 fully saturated rings. The molecule has 18 heavy (non-hydrogen) atoms. The molecule has 0 saturated heterocycles. The van der Waals surface area contributed by atoms with E-state index in [1.807, 2.05) is 0 Å². The Bertz CT molecular complexity index is 277. The van der Waals surface area contributed by atoms with Gasteiger partial charge in [0.15, 0.2) is 0 Å². The fourth-order valence-electron chi connectivity index (χ4n) is 1.93. The minimum absolute atomic E-state index is 0.999. The highest BCUT2D eigenvalue weighted by Crippen LogP contribution is 1.98. The minimum Gasteiger partial charge on any atom is -0.317 e. The predicted octanol–water partition coefficient (Wildman–Crippen LogP) is 1.71. The van der Waals surface area contributed by atoms with Crippen molar-refractivity contribution in [1.82, 2.24) is 10.6 Å². The summed E-state index contributed by atoms with van der Waals surface area (Å²) in [5.74, 6) is 0. The molecule has 2 N–H and O–H groups in total. The topological polar surface area (TPSA) is 24.1 Å². The van der Waals surface area contributed by atoms with E-state index in [0.717, 1.165) is 13.1 Å². The first kappa shape index (κ1) is 15.4. The van der Waals surface area contributed by atoms with Crippen LogP contribution in [0.1, 0.15) is 31.2 Å². The molecule has 0 aliphatic heterocycles. The first-order valence-corrected chi connectivity index (χ1v) is 8.80. The maximum atomic E-state index is 3.50. The van der Waals surface area contributed by atoms with Gasteiger partial charge in [-0.2, -0.15) is 0 Å². The monoisotopic (exact) mass is 264 g/mol. The van der Waals surface area contributed by atoms with E-state index in [0.29, 0.717) is 0 Å². The Labute approximate surface area is 115 Å². The first-order chi connectivity index (χ1) is 8.93. The summed E-state index contributed by atoms with van der Waals surface area (Å²) >= 11 is 0. The van der Waals surface area contributed by atoms with E-state index in [-0.39, 0.29) is 0 Å². The summed E-state index contributed by atoms with van der Waals surface area (Å²) in [5, 5.41) is 7.00. The van der Waals surface area contributed by atoms with Crippen LogP contribution in [0.5, 0.6) is 0 Å². The van der Waals surface area contributed by atoms with Gasteiger partial charge < -0.3 is 10.6 Å². The van der Waals surface area contributed by atoms with E-state index in [4.69, 9.17) is 0 Å². The third-order valence-corrected chi connectivity index (χ3v) is 3.79. The zero-order chi connectivity index (χ0) is 12.9. The Morgan fingerprint density at radius 1 is 0.778 bits per heavy atom. The van der Waals surface area contributed by atoms with Crippen LogP contribution >= 0.6 is 0 Å². The quantitative estimate of drug-likeness (QED) is 0.470. The van der Waals surface area contributed by atoms with Crippen molar-refractivity contribution in [3.8, 4) is 0 Å². The van der Waals surface area contributed by atoms with Crippen LogP contribution in [-0.2, 0) is 6.54 Å². The third-order valence-electron chi connectivity index (χ3n) is 3.09. The van der Waals surface area contributed by atoms with Crippen molar-refractivity contribution in [2.75, 3.05) is 19.6 Å².